The molecule has 2 heterocycles. The Morgan fingerprint density at radius 3 is 2.71 bits per heavy atom. The standard InChI is InChI=1S/C18H16ClN3OS/c1-12(24-14-8-6-13(19)7-9-14)17(23)22-11-10-21-16-5-3-2-4-15(16)20-18(21)22/h2-9,12H,10-11H2,1H3/t12-/m1/s1. The summed E-state index contributed by atoms with van der Waals surface area (Å²) < 4.78 is 2.12. The molecule has 6 heteroatoms. The summed E-state index contributed by atoms with van der Waals surface area (Å²) in [4.78, 5) is 20.4. The van der Waals surface area contributed by atoms with Crippen LogP contribution in [-0.4, -0.2) is 27.3 Å². The van der Waals surface area contributed by atoms with Crippen LogP contribution in [0, 0.1) is 0 Å². The average molecular weight is 358 g/mol. The molecule has 0 saturated carbocycles. The van der Waals surface area contributed by atoms with E-state index in [9.17, 15) is 4.79 Å². The van der Waals surface area contributed by atoms with Crippen LogP contribution in [-0.2, 0) is 11.3 Å². The molecule has 1 aliphatic heterocycles. The van der Waals surface area contributed by atoms with Crippen LogP contribution in [0.15, 0.2) is 53.4 Å². The number of aromatic nitrogens is 2. The molecule has 122 valence electrons. The number of anilines is 1. The Bertz CT molecular complexity index is 906. The molecule has 0 bridgehead atoms. The highest BCUT2D eigenvalue weighted by Crippen LogP contribution is 2.31. The Hall–Kier alpha value is -1.98. The number of nitrogens with zero attached hydrogens (tertiary/aromatic N) is 3. The minimum atomic E-state index is -0.183. The van der Waals surface area contributed by atoms with Crippen molar-refractivity contribution in [3.05, 3.63) is 53.6 Å². The minimum absolute atomic E-state index is 0.0870. The van der Waals surface area contributed by atoms with Gasteiger partial charge in [-0.15, -0.1) is 11.8 Å². The Kier molecular flexibility index (Phi) is 3.98. The summed E-state index contributed by atoms with van der Waals surface area (Å²) in [6.45, 7) is 3.41. The summed E-state index contributed by atoms with van der Waals surface area (Å²) in [5.74, 6) is 0.841. The van der Waals surface area contributed by atoms with E-state index in [1.165, 1.54) is 0 Å². The van der Waals surface area contributed by atoms with Gasteiger partial charge in [0.2, 0.25) is 11.9 Å². The maximum atomic E-state index is 12.9. The van der Waals surface area contributed by atoms with Gasteiger partial charge in [0.05, 0.1) is 16.3 Å². The van der Waals surface area contributed by atoms with Gasteiger partial charge in [0.15, 0.2) is 0 Å². The molecule has 0 fully saturated rings. The highest BCUT2D eigenvalue weighted by atomic mass is 35.5. The summed E-state index contributed by atoms with van der Waals surface area (Å²) in [6.07, 6.45) is 0. The number of fused-ring (bicyclic) bond motifs is 3. The number of hydrogen-bond donors (Lipinski definition) is 0. The third-order valence-corrected chi connectivity index (χ3v) is 5.51. The quantitative estimate of drug-likeness (QED) is 0.659. The summed E-state index contributed by atoms with van der Waals surface area (Å²) >= 11 is 7.46. The zero-order valence-corrected chi connectivity index (χ0v) is 14.7. The van der Waals surface area contributed by atoms with Gasteiger partial charge < -0.3 is 4.57 Å². The zero-order valence-electron chi connectivity index (χ0n) is 13.1. The second kappa shape index (κ2) is 6.15. The lowest BCUT2D eigenvalue weighted by atomic mass is 10.3. The lowest BCUT2D eigenvalue weighted by molar-refractivity contribution is -0.117. The molecular formula is C18H16ClN3OS. The fourth-order valence-electron chi connectivity index (χ4n) is 2.99. The number of benzene rings is 2. The molecule has 4 rings (SSSR count). The van der Waals surface area contributed by atoms with Gasteiger partial charge in [-0.25, -0.2) is 4.98 Å². The van der Waals surface area contributed by atoms with Crippen molar-refractivity contribution in [2.75, 3.05) is 11.4 Å². The van der Waals surface area contributed by atoms with E-state index in [4.69, 9.17) is 11.6 Å². The maximum Gasteiger partial charge on any atom is 0.242 e. The second-order valence-corrected chi connectivity index (χ2v) is 7.61. The molecule has 4 nitrogen and oxygen atoms in total. The van der Waals surface area contributed by atoms with Gasteiger partial charge in [-0.1, -0.05) is 23.7 Å². The Morgan fingerprint density at radius 2 is 1.92 bits per heavy atom. The zero-order chi connectivity index (χ0) is 16.7. The third-order valence-electron chi connectivity index (χ3n) is 4.16. The molecule has 2 aromatic carbocycles. The lowest BCUT2D eigenvalue weighted by Gasteiger charge is -2.18. The van der Waals surface area contributed by atoms with Crippen molar-refractivity contribution in [3.8, 4) is 0 Å². The van der Waals surface area contributed by atoms with Crippen LogP contribution in [0.25, 0.3) is 11.0 Å². The molecule has 3 aromatic rings. The fraction of sp³-hybridized carbons (Fsp3) is 0.222. The van der Waals surface area contributed by atoms with E-state index in [1.807, 2.05) is 55.5 Å². The largest absolute Gasteiger partial charge is 0.308 e. The van der Waals surface area contributed by atoms with Gasteiger partial charge in [-0.2, -0.15) is 0 Å². The molecule has 0 unspecified atom stereocenters. The number of imidazole rings is 1. The Labute approximate surface area is 149 Å². The van der Waals surface area contributed by atoms with Crippen LogP contribution in [0.2, 0.25) is 5.02 Å². The number of thioether (sulfide) groups is 1. The van der Waals surface area contributed by atoms with Gasteiger partial charge >= 0.3 is 0 Å². The molecule has 0 radical (unpaired) electrons. The Morgan fingerprint density at radius 1 is 1.17 bits per heavy atom. The first kappa shape index (κ1) is 15.5. The molecule has 0 N–H and O–H groups in total. The molecule has 0 saturated heterocycles. The normalized spacial score (nSPS) is 14.8. The summed E-state index contributed by atoms with van der Waals surface area (Å²) in [6, 6.07) is 15.6. The second-order valence-electron chi connectivity index (χ2n) is 5.76. The number of rotatable bonds is 3. The van der Waals surface area contributed by atoms with Gasteiger partial charge in [0, 0.05) is 23.0 Å². The molecule has 1 atom stereocenters. The molecule has 1 aromatic heterocycles. The van der Waals surface area contributed by atoms with Crippen molar-refractivity contribution >= 4 is 46.3 Å². The first-order chi connectivity index (χ1) is 11.6. The summed E-state index contributed by atoms with van der Waals surface area (Å²) in [5, 5.41) is 0.518. The van der Waals surface area contributed by atoms with E-state index in [0.717, 1.165) is 28.4 Å². The summed E-state index contributed by atoms with van der Waals surface area (Å²) in [7, 11) is 0. The first-order valence-electron chi connectivity index (χ1n) is 7.82. The van der Waals surface area contributed by atoms with E-state index in [0.29, 0.717) is 11.6 Å². The van der Waals surface area contributed by atoms with Crippen LogP contribution in [0.4, 0.5) is 5.95 Å². The number of carbonyl (C=O) groups is 1. The SMILES string of the molecule is C[C@@H](Sc1ccc(Cl)cc1)C(=O)N1CCn2c1nc1ccccc12. The topological polar surface area (TPSA) is 38.1 Å². The number of halogens is 1. The van der Waals surface area contributed by atoms with Crippen molar-refractivity contribution in [3.63, 3.8) is 0 Å². The van der Waals surface area contributed by atoms with E-state index in [1.54, 1.807) is 16.7 Å². The van der Waals surface area contributed by atoms with Gasteiger partial charge in [-0.3, -0.25) is 9.69 Å². The predicted octanol–water partition coefficient (Wildman–Crippen LogP) is 4.22. The number of amides is 1. The van der Waals surface area contributed by atoms with Crippen LogP contribution in [0.3, 0.4) is 0 Å². The van der Waals surface area contributed by atoms with E-state index in [2.05, 4.69) is 9.55 Å². The Balaban J connectivity index is 1.56. The number of carbonyl (C=O) groups excluding carboxylic acids is 1. The van der Waals surface area contributed by atoms with Gasteiger partial charge in [0.25, 0.3) is 0 Å². The smallest absolute Gasteiger partial charge is 0.242 e. The van der Waals surface area contributed by atoms with Crippen molar-refractivity contribution < 1.29 is 4.79 Å². The highest BCUT2D eigenvalue weighted by Gasteiger charge is 2.31. The van der Waals surface area contributed by atoms with E-state index < -0.39 is 0 Å². The van der Waals surface area contributed by atoms with Crippen molar-refractivity contribution in [2.45, 2.75) is 23.6 Å². The highest BCUT2D eigenvalue weighted by molar-refractivity contribution is 8.00. The van der Waals surface area contributed by atoms with Crippen molar-refractivity contribution in [1.82, 2.24) is 9.55 Å². The van der Waals surface area contributed by atoms with Crippen molar-refractivity contribution in [2.24, 2.45) is 0 Å². The summed E-state index contributed by atoms with van der Waals surface area (Å²) in [5.41, 5.74) is 2.02. The average Bonchev–Trinajstić information content (AvgIpc) is 3.15. The van der Waals surface area contributed by atoms with E-state index >= 15 is 0 Å². The molecule has 1 aliphatic rings. The predicted molar refractivity (Wildman–Crippen MR) is 98.9 cm³/mol. The van der Waals surface area contributed by atoms with Crippen LogP contribution < -0.4 is 4.90 Å². The maximum absolute atomic E-state index is 12.9. The number of hydrogen-bond acceptors (Lipinski definition) is 3. The first-order valence-corrected chi connectivity index (χ1v) is 9.08. The lowest BCUT2D eigenvalue weighted by Crippen LogP contribution is -2.35. The number of para-hydroxylation sites is 2. The molecule has 0 aliphatic carbocycles. The van der Waals surface area contributed by atoms with Crippen LogP contribution >= 0.6 is 23.4 Å². The van der Waals surface area contributed by atoms with Crippen LogP contribution in [0.5, 0.6) is 0 Å². The molecule has 24 heavy (non-hydrogen) atoms. The van der Waals surface area contributed by atoms with Gasteiger partial charge in [-0.05, 0) is 43.3 Å². The minimum Gasteiger partial charge on any atom is -0.308 e. The van der Waals surface area contributed by atoms with Gasteiger partial charge in [0.1, 0.15) is 0 Å². The molecule has 0 spiro atoms. The fourth-order valence-corrected chi connectivity index (χ4v) is 4.04. The van der Waals surface area contributed by atoms with E-state index in [-0.39, 0.29) is 11.2 Å². The monoisotopic (exact) mass is 357 g/mol. The van der Waals surface area contributed by atoms with Crippen molar-refractivity contribution in [1.29, 1.82) is 0 Å². The molecular weight excluding hydrogens is 342 g/mol. The van der Waals surface area contributed by atoms with Crippen LogP contribution in [0.1, 0.15) is 6.92 Å². The third kappa shape index (κ3) is 2.68. The molecule has 1 amide bonds.